The normalized spacial score (nSPS) is 17.5. The fourth-order valence-corrected chi connectivity index (χ4v) is 6.02. The minimum atomic E-state index is -0.789. The number of thiazole rings is 1. The molecule has 1 atom stereocenters. The maximum absolute atomic E-state index is 13.3. The predicted octanol–water partition coefficient (Wildman–Crippen LogP) is 6.73. The first kappa shape index (κ1) is 23.5. The molecule has 35 heavy (non-hydrogen) atoms. The molecule has 2 aromatic carbocycles. The van der Waals surface area contributed by atoms with E-state index < -0.39 is 17.7 Å². The standard InChI is InChI=1S/C26H21ClN2O4S2/c1-3-10-33-16-8-6-15(7-9-16)23(30)21-22(19-5-4-11-34-19)29(25(32)24(21)31)26-28-18-13-17(27)14(2)12-20(18)35-26/h4-9,11-13,22,30H,3,10H2,1-2H3/b23-21+. The molecule has 1 unspecified atom stereocenters. The minimum Gasteiger partial charge on any atom is -0.507 e. The van der Waals surface area contributed by atoms with E-state index in [2.05, 4.69) is 4.98 Å². The van der Waals surface area contributed by atoms with E-state index in [0.29, 0.717) is 33.6 Å². The van der Waals surface area contributed by atoms with Crippen molar-refractivity contribution >= 4 is 67.1 Å². The van der Waals surface area contributed by atoms with Gasteiger partial charge < -0.3 is 9.84 Å². The van der Waals surface area contributed by atoms with E-state index in [1.807, 2.05) is 37.4 Å². The third-order valence-corrected chi connectivity index (χ3v) is 8.07. The van der Waals surface area contributed by atoms with Gasteiger partial charge in [-0.05, 0) is 66.8 Å². The Balaban J connectivity index is 1.62. The number of hydrogen-bond acceptors (Lipinski definition) is 7. The van der Waals surface area contributed by atoms with Gasteiger partial charge in [0.1, 0.15) is 17.6 Å². The molecule has 2 aromatic heterocycles. The molecular formula is C26H21ClN2O4S2. The summed E-state index contributed by atoms with van der Waals surface area (Å²) in [6, 6.07) is 13.4. The molecule has 1 N–H and O–H groups in total. The van der Waals surface area contributed by atoms with Gasteiger partial charge in [0.2, 0.25) is 0 Å². The molecule has 1 aliphatic heterocycles. The molecule has 1 fully saturated rings. The average molecular weight is 525 g/mol. The maximum Gasteiger partial charge on any atom is 0.301 e. The van der Waals surface area contributed by atoms with Gasteiger partial charge in [-0.25, -0.2) is 4.98 Å². The molecule has 9 heteroatoms. The van der Waals surface area contributed by atoms with E-state index >= 15 is 0 Å². The number of carbonyl (C=O) groups is 2. The molecule has 0 spiro atoms. The van der Waals surface area contributed by atoms with Crippen molar-refractivity contribution in [3.05, 3.63) is 80.5 Å². The van der Waals surface area contributed by atoms with Crippen LogP contribution >= 0.6 is 34.3 Å². The topological polar surface area (TPSA) is 79.7 Å². The zero-order valence-electron chi connectivity index (χ0n) is 18.9. The summed E-state index contributed by atoms with van der Waals surface area (Å²) in [5.41, 5.74) is 2.01. The molecule has 1 amide bonds. The third kappa shape index (κ3) is 4.22. The Hall–Kier alpha value is -3.20. The first-order chi connectivity index (χ1) is 16.9. The molecule has 0 saturated carbocycles. The van der Waals surface area contributed by atoms with E-state index in [-0.39, 0.29) is 11.3 Å². The van der Waals surface area contributed by atoms with E-state index in [0.717, 1.165) is 21.6 Å². The van der Waals surface area contributed by atoms with Gasteiger partial charge in [0.05, 0.1) is 22.4 Å². The van der Waals surface area contributed by atoms with Crippen molar-refractivity contribution in [2.75, 3.05) is 11.5 Å². The third-order valence-electron chi connectivity index (χ3n) is 5.72. The summed E-state index contributed by atoms with van der Waals surface area (Å²) in [5.74, 6) is -1.04. The first-order valence-corrected chi connectivity index (χ1v) is 13.1. The molecule has 0 aliphatic carbocycles. The molecule has 1 aliphatic rings. The Kier molecular flexibility index (Phi) is 6.35. The zero-order valence-corrected chi connectivity index (χ0v) is 21.3. The van der Waals surface area contributed by atoms with E-state index in [4.69, 9.17) is 16.3 Å². The number of amides is 1. The number of Topliss-reactive ketones (excluding diaryl/α,β-unsaturated/α-hetero) is 1. The van der Waals surface area contributed by atoms with Crippen LogP contribution in [0.2, 0.25) is 5.02 Å². The summed E-state index contributed by atoms with van der Waals surface area (Å²) in [6.07, 6.45) is 0.879. The van der Waals surface area contributed by atoms with Crippen LogP contribution in [-0.2, 0) is 9.59 Å². The van der Waals surface area contributed by atoms with E-state index in [9.17, 15) is 14.7 Å². The van der Waals surface area contributed by atoms with E-state index in [1.165, 1.54) is 27.6 Å². The van der Waals surface area contributed by atoms with Crippen LogP contribution in [0.4, 0.5) is 5.13 Å². The Bertz CT molecular complexity index is 1420. The molecule has 4 aromatic rings. The fraction of sp³-hybridized carbons (Fsp3) is 0.192. The van der Waals surface area contributed by atoms with Gasteiger partial charge in [-0.3, -0.25) is 14.5 Å². The van der Waals surface area contributed by atoms with Crippen LogP contribution in [-0.4, -0.2) is 28.4 Å². The number of benzene rings is 2. The van der Waals surface area contributed by atoms with Gasteiger partial charge in [-0.2, -0.15) is 0 Å². The van der Waals surface area contributed by atoms with Gasteiger partial charge in [0, 0.05) is 15.5 Å². The van der Waals surface area contributed by atoms with Crippen LogP contribution in [0.3, 0.4) is 0 Å². The molecule has 5 rings (SSSR count). The second kappa shape index (κ2) is 9.45. The number of aliphatic hydroxyl groups excluding tert-OH is 1. The van der Waals surface area contributed by atoms with Crippen molar-refractivity contribution in [1.29, 1.82) is 0 Å². The highest BCUT2D eigenvalue weighted by Gasteiger charge is 2.48. The second-order valence-corrected chi connectivity index (χ2v) is 10.5. The lowest BCUT2D eigenvalue weighted by Gasteiger charge is -2.21. The maximum atomic E-state index is 13.3. The lowest BCUT2D eigenvalue weighted by molar-refractivity contribution is -0.132. The Labute approximate surface area is 215 Å². The van der Waals surface area contributed by atoms with E-state index in [1.54, 1.807) is 30.3 Å². The molecule has 0 bridgehead atoms. The fourth-order valence-electron chi connectivity index (χ4n) is 3.97. The van der Waals surface area contributed by atoms with Gasteiger partial charge in [-0.15, -0.1) is 11.3 Å². The van der Waals surface area contributed by atoms with Crippen LogP contribution in [0.1, 0.15) is 35.4 Å². The average Bonchev–Trinajstić information content (AvgIpc) is 3.57. The molecule has 3 heterocycles. The molecule has 0 radical (unpaired) electrons. The second-order valence-electron chi connectivity index (χ2n) is 8.12. The number of ether oxygens (including phenoxy) is 1. The molecular weight excluding hydrogens is 504 g/mol. The first-order valence-electron chi connectivity index (χ1n) is 11.0. The number of fused-ring (bicyclic) bond motifs is 1. The van der Waals surface area contributed by atoms with Gasteiger partial charge >= 0.3 is 5.91 Å². The number of thiophene rings is 1. The monoisotopic (exact) mass is 524 g/mol. The van der Waals surface area contributed by atoms with Crippen molar-refractivity contribution in [2.24, 2.45) is 0 Å². The van der Waals surface area contributed by atoms with Crippen molar-refractivity contribution < 1.29 is 19.4 Å². The summed E-state index contributed by atoms with van der Waals surface area (Å²) < 4.78 is 6.47. The highest BCUT2D eigenvalue weighted by molar-refractivity contribution is 7.22. The molecule has 6 nitrogen and oxygen atoms in total. The lowest BCUT2D eigenvalue weighted by atomic mass is 10.00. The smallest absolute Gasteiger partial charge is 0.301 e. The number of halogens is 1. The van der Waals surface area contributed by atoms with Gasteiger partial charge in [0.25, 0.3) is 5.78 Å². The molecule has 1 saturated heterocycles. The summed E-state index contributed by atoms with van der Waals surface area (Å²) in [7, 11) is 0. The number of rotatable bonds is 6. The van der Waals surface area contributed by atoms with Crippen molar-refractivity contribution in [2.45, 2.75) is 26.3 Å². The van der Waals surface area contributed by atoms with Crippen LogP contribution < -0.4 is 9.64 Å². The number of aliphatic hydroxyl groups is 1. The number of aryl methyl sites for hydroxylation is 1. The van der Waals surface area contributed by atoms with Crippen LogP contribution in [0, 0.1) is 6.92 Å². The van der Waals surface area contributed by atoms with Gasteiger partial charge in [0.15, 0.2) is 5.13 Å². The van der Waals surface area contributed by atoms with Crippen molar-refractivity contribution in [1.82, 2.24) is 4.98 Å². The lowest BCUT2D eigenvalue weighted by Crippen LogP contribution is -2.28. The number of anilines is 1. The number of aromatic nitrogens is 1. The highest BCUT2D eigenvalue weighted by atomic mass is 35.5. The Morgan fingerprint density at radius 1 is 1.20 bits per heavy atom. The Morgan fingerprint density at radius 2 is 1.97 bits per heavy atom. The van der Waals surface area contributed by atoms with Crippen LogP contribution in [0.25, 0.3) is 16.0 Å². The molecule has 178 valence electrons. The summed E-state index contributed by atoms with van der Waals surface area (Å²) >= 11 is 8.99. The largest absolute Gasteiger partial charge is 0.507 e. The van der Waals surface area contributed by atoms with Crippen molar-refractivity contribution in [3.63, 3.8) is 0 Å². The minimum absolute atomic E-state index is 0.0353. The predicted molar refractivity (Wildman–Crippen MR) is 141 cm³/mol. The quantitative estimate of drug-likeness (QED) is 0.172. The van der Waals surface area contributed by atoms with Gasteiger partial charge in [-0.1, -0.05) is 35.9 Å². The summed E-state index contributed by atoms with van der Waals surface area (Å²) in [6.45, 7) is 4.50. The van der Waals surface area contributed by atoms with Crippen molar-refractivity contribution in [3.8, 4) is 5.75 Å². The Morgan fingerprint density at radius 3 is 2.66 bits per heavy atom. The number of ketones is 1. The number of carbonyl (C=O) groups excluding carboxylic acids is 2. The van der Waals surface area contributed by atoms with Crippen LogP contribution in [0.5, 0.6) is 5.75 Å². The number of hydrogen-bond donors (Lipinski definition) is 1. The number of nitrogens with zero attached hydrogens (tertiary/aromatic N) is 2. The van der Waals surface area contributed by atoms with Crippen LogP contribution in [0.15, 0.2) is 59.5 Å². The zero-order chi connectivity index (χ0) is 24.7. The SMILES string of the molecule is CCCOc1ccc(/C(O)=C2\C(=O)C(=O)N(c3nc4cc(Cl)c(C)cc4s3)C2c2cccs2)cc1. The highest BCUT2D eigenvalue weighted by Crippen LogP contribution is 2.45. The summed E-state index contributed by atoms with van der Waals surface area (Å²) in [4.78, 5) is 33.3. The summed E-state index contributed by atoms with van der Waals surface area (Å²) in [5, 5.41) is 14.1.